The van der Waals surface area contributed by atoms with Gasteiger partial charge in [0.25, 0.3) is 0 Å². The maximum absolute atomic E-state index is 9.55. The average molecular weight is 270 g/mol. The molecule has 0 saturated carbocycles. The second kappa shape index (κ2) is 7.01. The van der Waals surface area contributed by atoms with Crippen LogP contribution >= 0.6 is 11.6 Å². The number of anilines is 1. The molecule has 1 aromatic rings. The van der Waals surface area contributed by atoms with Gasteiger partial charge in [-0.25, -0.2) is 0 Å². The van der Waals surface area contributed by atoms with Crippen molar-refractivity contribution in [3.63, 3.8) is 0 Å². The Hall–Kier alpha value is -0.730. The number of aliphatic hydroxyl groups is 1. The fraction of sp³-hybridized carbons (Fsp3) is 0.600. The van der Waals surface area contributed by atoms with Crippen LogP contribution in [0.2, 0.25) is 5.02 Å². The Balaban J connectivity index is 2.93. The van der Waals surface area contributed by atoms with E-state index in [2.05, 4.69) is 25.7 Å². The smallest absolute Gasteiger partial charge is 0.0762 e. The lowest BCUT2D eigenvalue weighted by Gasteiger charge is -2.27. The van der Waals surface area contributed by atoms with Gasteiger partial charge in [-0.3, -0.25) is 0 Å². The molecule has 0 aliphatic carbocycles. The molecule has 0 aliphatic heterocycles. The molecule has 2 unspecified atom stereocenters. The second-order valence-electron chi connectivity index (χ2n) is 4.94. The molecule has 0 amide bonds. The van der Waals surface area contributed by atoms with Crippen LogP contribution in [-0.4, -0.2) is 18.2 Å². The number of rotatable bonds is 6. The molecule has 1 N–H and O–H groups in total. The minimum atomic E-state index is -0.471. The monoisotopic (exact) mass is 269 g/mol. The van der Waals surface area contributed by atoms with Gasteiger partial charge < -0.3 is 10.0 Å². The molecule has 0 heterocycles. The lowest BCUT2D eigenvalue weighted by molar-refractivity contribution is 0.199. The lowest BCUT2D eigenvalue weighted by Crippen LogP contribution is -2.28. The number of aliphatic hydroxyl groups excluding tert-OH is 1. The first-order chi connectivity index (χ1) is 8.49. The lowest BCUT2D eigenvalue weighted by atomic mass is 10.1. The number of nitrogens with zero attached hydrogens (tertiary/aromatic N) is 1. The predicted molar refractivity (Wildman–Crippen MR) is 79.4 cm³/mol. The first-order valence-corrected chi connectivity index (χ1v) is 7.09. The summed E-state index contributed by atoms with van der Waals surface area (Å²) >= 11 is 6.32. The Morgan fingerprint density at radius 1 is 1.28 bits per heavy atom. The van der Waals surface area contributed by atoms with Crippen molar-refractivity contribution in [2.24, 2.45) is 5.92 Å². The zero-order chi connectivity index (χ0) is 13.7. The van der Waals surface area contributed by atoms with Crippen LogP contribution in [-0.2, 0) is 0 Å². The molecule has 2 atom stereocenters. The Morgan fingerprint density at radius 2 is 1.94 bits per heavy atom. The van der Waals surface area contributed by atoms with E-state index in [0.29, 0.717) is 5.92 Å². The van der Waals surface area contributed by atoms with Crippen molar-refractivity contribution in [1.82, 2.24) is 0 Å². The first-order valence-electron chi connectivity index (χ1n) is 6.72. The first kappa shape index (κ1) is 15.3. The van der Waals surface area contributed by atoms with Gasteiger partial charge in [0, 0.05) is 13.1 Å². The van der Waals surface area contributed by atoms with Crippen molar-refractivity contribution >= 4 is 17.3 Å². The summed E-state index contributed by atoms with van der Waals surface area (Å²) in [5, 5.41) is 10.3. The minimum Gasteiger partial charge on any atom is -0.389 e. The molecule has 0 spiro atoms. The standard InChI is InChI=1S/C15H24ClNO/c1-5-11(3)10-17(6-2)15-8-7-13(12(4)18)9-14(15)16/h7-9,11-12,18H,5-6,10H2,1-4H3. The van der Waals surface area contributed by atoms with Crippen molar-refractivity contribution in [3.8, 4) is 0 Å². The van der Waals surface area contributed by atoms with Crippen molar-refractivity contribution in [3.05, 3.63) is 28.8 Å². The highest BCUT2D eigenvalue weighted by molar-refractivity contribution is 6.33. The zero-order valence-corrected chi connectivity index (χ0v) is 12.5. The van der Waals surface area contributed by atoms with E-state index in [1.807, 2.05) is 18.2 Å². The van der Waals surface area contributed by atoms with Gasteiger partial charge in [0.2, 0.25) is 0 Å². The Kier molecular flexibility index (Phi) is 5.97. The molecule has 1 rings (SSSR count). The molecule has 2 nitrogen and oxygen atoms in total. The Labute approximate surface area is 116 Å². The van der Waals surface area contributed by atoms with Crippen LogP contribution in [0.1, 0.15) is 45.8 Å². The van der Waals surface area contributed by atoms with Crippen molar-refractivity contribution in [2.75, 3.05) is 18.0 Å². The van der Waals surface area contributed by atoms with Crippen LogP contribution < -0.4 is 4.90 Å². The van der Waals surface area contributed by atoms with Crippen LogP contribution in [0.5, 0.6) is 0 Å². The topological polar surface area (TPSA) is 23.5 Å². The summed E-state index contributed by atoms with van der Waals surface area (Å²) in [5.41, 5.74) is 1.92. The summed E-state index contributed by atoms with van der Waals surface area (Å²) < 4.78 is 0. The summed E-state index contributed by atoms with van der Waals surface area (Å²) in [6.07, 6.45) is 0.695. The predicted octanol–water partition coefficient (Wildman–Crippen LogP) is 4.27. The molecule has 0 radical (unpaired) electrons. The number of halogens is 1. The summed E-state index contributed by atoms with van der Waals surface area (Å²) in [5.74, 6) is 0.650. The number of hydrogen-bond donors (Lipinski definition) is 1. The minimum absolute atomic E-state index is 0.471. The summed E-state index contributed by atoms with van der Waals surface area (Å²) in [6.45, 7) is 10.3. The Morgan fingerprint density at radius 3 is 2.39 bits per heavy atom. The van der Waals surface area contributed by atoms with Gasteiger partial charge in [0.05, 0.1) is 16.8 Å². The number of hydrogen-bond acceptors (Lipinski definition) is 2. The fourth-order valence-electron chi connectivity index (χ4n) is 1.94. The largest absolute Gasteiger partial charge is 0.389 e. The van der Waals surface area contributed by atoms with Gasteiger partial charge in [-0.1, -0.05) is 37.9 Å². The van der Waals surface area contributed by atoms with E-state index in [9.17, 15) is 5.11 Å². The van der Waals surface area contributed by atoms with Gasteiger partial charge in [-0.15, -0.1) is 0 Å². The quantitative estimate of drug-likeness (QED) is 0.834. The maximum atomic E-state index is 9.55. The van der Waals surface area contributed by atoms with E-state index in [1.54, 1.807) is 6.92 Å². The highest BCUT2D eigenvalue weighted by atomic mass is 35.5. The highest BCUT2D eigenvalue weighted by Crippen LogP contribution is 2.29. The van der Waals surface area contributed by atoms with Crippen LogP contribution in [0.3, 0.4) is 0 Å². The zero-order valence-electron chi connectivity index (χ0n) is 11.8. The van der Waals surface area contributed by atoms with Gasteiger partial charge in [-0.05, 0) is 37.5 Å². The molecule has 1 aromatic carbocycles. The van der Waals surface area contributed by atoms with E-state index >= 15 is 0 Å². The van der Waals surface area contributed by atoms with Gasteiger partial charge >= 0.3 is 0 Å². The van der Waals surface area contributed by atoms with Crippen molar-refractivity contribution in [1.29, 1.82) is 0 Å². The average Bonchev–Trinajstić information content (AvgIpc) is 2.35. The fourth-order valence-corrected chi connectivity index (χ4v) is 2.25. The highest BCUT2D eigenvalue weighted by Gasteiger charge is 2.13. The van der Waals surface area contributed by atoms with Gasteiger partial charge in [-0.2, -0.15) is 0 Å². The molecular weight excluding hydrogens is 246 g/mol. The second-order valence-corrected chi connectivity index (χ2v) is 5.35. The molecule has 0 saturated heterocycles. The normalized spacial score (nSPS) is 14.3. The molecule has 0 bridgehead atoms. The summed E-state index contributed by atoms with van der Waals surface area (Å²) in [4.78, 5) is 2.29. The maximum Gasteiger partial charge on any atom is 0.0762 e. The van der Waals surface area contributed by atoms with Crippen molar-refractivity contribution < 1.29 is 5.11 Å². The van der Waals surface area contributed by atoms with E-state index in [-0.39, 0.29) is 0 Å². The van der Waals surface area contributed by atoms with E-state index in [1.165, 1.54) is 6.42 Å². The van der Waals surface area contributed by atoms with E-state index in [4.69, 9.17) is 11.6 Å². The van der Waals surface area contributed by atoms with Gasteiger partial charge in [0.15, 0.2) is 0 Å². The van der Waals surface area contributed by atoms with Gasteiger partial charge in [0.1, 0.15) is 0 Å². The Bertz CT molecular complexity index is 379. The summed E-state index contributed by atoms with van der Waals surface area (Å²) in [7, 11) is 0. The number of benzene rings is 1. The van der Waals surface area contributed by atoms with E-state index in [0.717, 1.165) is 29.4 Å². The molecule has 0 fully saturated rings. The third-order valence-corrected chi connectivity index (χ3v) is 3.71. The molecule has 3 heteroatoms. The molecule has 102 valence electrons. The van der Waals surface area contributed by atoms with Crippen LogP contribution in [0.25, 0.3) is 0 Å². The third-order valence-electron chi connectivity index (χ3n) is 3.41. The molecule has 0 aromatic heterocycles. The third kappa shape index (κ3) is 3.89. The van der Waals surface area contributed by atoms with Crippen LogP contribution in [0.15, 0.2) is 18.2 Å². The van der Waals surface area contributed by atoms with Crippen molar-refractivity contribution in [2.45, 2.75) is 40.2 Å². The SMILES string of the molecule is CCC(C)CN(CC)c1ccc(C(C)O)cc1Cl. The molecule has 18 heavy (non-hydrogen) atoms. The summed E-state index contributed by atoms with van der Waals surface area (Å²) in [6, 6.07) is 5.82. The van der Waals surface area contributed by atoms with Crippen LogP contribution in [0.4, 0.5) is 5.69 Å². The molecular formula is C15H24ClNO. The van der Waals surface area contributed by atoms with E-state index < -0.39 is 6.10 Å². The molecule has 0 aliphatic rings. The van der Waals surface area contributed by atoms with Crippen LogP contribution in [0, 0.1) is 5.92 Å².